The van der Waals surface area contributed by atoms with Gasteiger partial charge in [0.25, 0.3) is 0 Å². The zero-order chi connectivity index (χ0) is 15.0. The second kappa shape index (κ2) is 5.87. The lowest BCUT2D eigenvalue weighted by Crippen LogP contribution is -2.51. The number of hydrogen-bond acceptors (Lipinski definition) is 5. The highest BCUT2D eigenvalue weighted by Crippen LogP contribution is 2.46. The Balaban J connectivity index is 2.09. The third-order valence-corrected chi connectivity index (χ3v) is 5.55. The van der Waals surface area contributed by atoms with Gasteiger partial charge >= 0.3 is 0 Å². The van der Waals surface area contributed by atoms with Gasteiger partial charge in [0.1, 0.15) is 11.4 Å². The molecule has 2 aliphatic heterocycles. The Bertz CT molecular complexity index is 586. The molecule has 0 saturated carbocycles. The van der Waals surface area contributed by atoms with Crippen LogP contribution in [0.25, 0.3) is 0 Å². The van der Waals surface area contributed by atoms with Gasteiger partial charge in [0, 0.05) is 21.7 Å². The van der Waals surface area contributed by atoms with Crippen molar-refractivity contribution in [1.29, 1.82) is 0 Å². The third kappa shape index (κ3) is 2.72. The predicted molar refractivity (Wildman–Crippen MR) is 84.8 cm³/mol. The van der Waals surface area contributed by atoms with Gasteiger partial charge in [0.15, 0.2) is 5.17 Å². The molecule has 0 aromatic heterocycles. The van der Waals surface area contributed by atoms with Gasteiger partial charge in [0.05, 0.1) is 19.3 Å². The van der Waals surface area contributed by atoms with Gasteiger partial charge < -0.3 is 15.6 Å². The quantitative estimate of drug-likeness (QED) is 0.832. The number of nitrogens with zero attached hydrogens (tertiary/aromatic N) is 1. The molecule has 7 heteroatoms. The summed E-state index contributed by atoms with van der Waals surface area (Å²) in [6.07, 6.45) is 0.431. The van der Waals surface area contributed by atoms with Crippen molar-refractivity contribution in [1.82, 2.24) is 0 Å². The summed E-state index contributed by atoms with van der Waals surface area (Å²) >= 11 is 4.86. The van der Waals surface area contributed by atoms with Gasteiger partial charge in [-0.25, -0.2) is 9.38 Å². The molecule has 1 saturated heterocycles. The topological polar surface area (TPSA) is 67.8 Å². The Kier molecular flexibility index (Phi) is 4.27. The number of aliphatic imine (C=N–C) groups is 1. The van der Waals surface area contributed by atoms with Crippen molar-refractivity contribution in [2.75, 3.05) is 19.0 Å². The highest BCUT2D eigenvalue weighted by molar-refractivity contribution is 9.10. The van der Waals surface area contributed by atoms with Crippen LogP contribution in [0.1, 0.15) is 12.0 Å². The molecule has 1 fully saturated rings. The second-order valence-corrected chi connectivity index (χ2v) is 7.31. The number of amidine groups is 1. The number of aliphatic hydroxyl groups excluding tert-OH is 1. The summed E-state index contributed by atoms with van der Waals surface area (Å²) in [5.74, 6) is 0.531. The van der Waals surface area contributed by atoms with Gasteiger partial charge in [-0.15, -0.1) is 0 Å². The second-order valence-electron chi connectivity index (χ2n) is 5.36. The van der Waals surface area contributed by atoms with E-state index < -0.39 is 5.54 Å². The Morgan fingerprint density at radius 2 is 2.38 bits per heavy atom. The molecule has 2 aliphatic rings. The summed E-state index contributed by atoms with van der Waals surface area (Å²) in [6.45, 7) is 0.203. The van der Waals surface area contributed by atoms with Crippen molar-refractivity contribution in [2.24, 2.45) is 16.6 Å². The SMILES string of the molecule is NC1=N[C@@]2(c3cc(Br)ccc3F)CO[C@@H](CO)C[C@H]2CS1. The molecule has 0 bridgehead atoms. The number of rotatable bonds is 2. The van der Waals surface area contributed by atoms with Crippen LogP contribution in [-0.2, 0) is 10.3 Å². The minimum Gasteiger partial charge on any atom is -0.394 e. The Hall–Kier alpha value is -0.630. The van der Waals surface area contributed by atoms with E-state index in [2.05, 4.69) is 20.9 Å². The molecule has 1 aromatic rings. The lowest BCUT2D eigenvalue weighted by molar-refractivity contribution is -0.0771. The molecule has 4 nitrogen and oxygen atoms in total. The normalized spacial score (nSPS) is 32.4. The Morgan fingerprint density at radius 3 is 3.14 bits per heavy atom. The van der Waals surface area contributed by atoms with E-state index in [0.29, 0.717) is 17.2 Å². The number of nitrogens with two attached hydrogens (primary N) is 1. The molecule has 3 atom stereocenters. The van der Waals surface area contributed by atoms with Crippen LogP contribution in [-0.4, -0.2) is 35.3 Å². The largest absolute Gasteiger partial charge is 0.394 e. The van der Waals surface area contributed by atoms with Crippen molar-refractivity contribution in [3.8, 4) is 0 Å². The first-order chi connectivity index (χ1) is 10.0. The number of aliphatic hydroxyl groups is 1. The van der Waals surface area contributed by atoms with Gasteiger partial charge in [-0.1, -0.05) is 27.7 Å². The first-order valence-corrected chi connectivity index (χ1v) is 8.49. The number of benzene rings is 1. The molecule has 0 aliphatic carbocycles. The maximum Gasteiger partial charge on any atom is 0.154 e. The first kappa shape index (κ1) is 15.3. The molecule has 0 unspecified atom stereocenters. The number of fused-ring (bicyclic) bond motifs is 1. The average Bonchev–Trinajstić information content (AvgIpc) is 2.49. The monoisotopic (exact) mass is 374 g/mol. The summed E-state index contributed by atoms with van der Waals surface area (Å²) in [7, 11) is 0. The Morgan fingerprint density at radius 1 is 1.57 bits per heavy atom. The molecular weight excluding hydrogens is 359 g/mol. The molecular formula is C14H16BrFN2O2S. The molecule has 3 N–H and O–H groups in total. The summed E-state index contributed by atoms with van der Waals surface area (Å²) in [5, 5.41) is 9.77. The zero-order valence-electron chi connectivity index (χ0n) is 11.3. The highest BCUT2D eigenvalue weighted by Gasteiger charge is 2.49. The van der Waals surface area contributed by atoms with Crippen molar-refractivity contribution in [3.63, 3.8) is 0 Å². The number of hydrogen-bond donors (Lipinski definition) is 2. The summed E-state index contributed by atoms with van der Waals surface area (Å²) in [6, 6.07) is 4.84. The molecule has 0 spiro atoms. The third-order valence-electron chi connectivity index (χ3n) is 4.10. The maximum absolute atomic E-state index is 14.4. The predicted octanol–water partition coefficient (Wildman–Crippen LogP) is 2.24. The lowest BCUT2D eigenvalue weighted by Gasteiger charge is -2.46. The lowest BCUT2D eigenvalue weighted by atomic mass is 9.75. The van der Waals surface area contributed by atoms with Gasteiger partial charge in [-0.3, -0.25) is 0 Å². The molecule has 114 valence electrons. The number of ether oxygens (including phenoxy) is 1. The standard InChI is InChI=1S/C14H16BrFN2O2S/c15-9-1-2-12(16)11(4-9)14-7-20-10(5-19)3-8(14)6-21-13(17)18-14/h1-2,4,8,10,19H,3,5-7H2,(H2,17,18)/t8-,10+,14-/m0/s1. The highest BCUT2D eigenvalue weighted by atomic mass is 79.9. The number of thioether (sulfide) groups is 1. The molecule has 1 aromatic carbocycles. The van der Waals surface area contributed by atoms with Crippen LogP contribution >= 0.6 is 27.7 Å². The van der Waals surface area contributed by atoms with Crippen LogP contribution < -0.4 is 5.73 Å². The molecule has 2 heterocycles. The van der Waals surface area contributed by atoms with E-state index in [-0.39, 0.29) is 31.1 Å². The fourth-order valence-corrected chi connectivity index (χ4v) is 4.37. The number of halogens is 2. The van der Waals surface area contributed by atoms with Crippen LogP contribution in [0, 0.1) is 11.7 Å². The molecule has 21 heavy (non-hydrogen) atoms. The smallest absolute Gasteiger partial charge is 0.154 e. The summed E-state index contributed by atoms with van der Waals surface area (Å²) < 4.78 is 20.9. The van der Waals surface area contributed by atoms with Crippen LogP contribution in [0.3, 0.4) is 0 Å². The average molecular weight is 375 g/mol. The molecule has 0 radical (unpaired) electrons. The van der Waals surface area contributed by atoms with Crippen molar-refractivity contribution in [3.05, 3.63) is 34.1 Å². The summed E-state index contributed by atoms with van der Waals surface area (Å²) in [4.78, 5) is 4.57. The van der Waals surface area contributed by atoms with E-state index in [4.69, 9.17) is 10.5 Å². The van der Waals surface area contributed by atoms with Crippen LogP contribution in [0.15, 0.2) is 27.7 Å². The van der Waals surface area contributed by atoms with Crippen LogP contribution in [0.5, 0.6) is 0 Å². The van der Waals surface area contributed by atoms with Gasteiger partial charge in [0.2, 0.25) is 0 Å². The Labute approximate surface area is 135 Å². The zero-order valence-corrected chi connectivity index (χ0v) is 13.7. The first-order valence-electron chi connectivity index (χ1n) is 6.71. The van der Waals surface area contributed by atoms with E-state index in [1.54, 1.807) is 12.1 Å². The fourth-order valence-electron chi connectivity index (χ4n) is 3.00. The van der Waals surface area contributed by atoms with Crippen molar-refractivity contribution in [2.45, 2.75) is 18.1 Å². The molecule has 0 amide bonds. The molecule has 3 rings (SSSR count). The van der Waals surface area contributed by atoms with Crippen LogP contribution in [0.2, 0.25) is 0 Å². The minimum atomic E-state index is -0.797. The fraction of sp³-hybridized carbons (Fsp3) is 0.500. The minimum absolute atomic E-state index is 0.0303. The van der Waals surface area contributed by atoms with E-state index in [9.17, 15) is 9.50 Å². The van der Waals surface area contributed by atoms with Gasteiger partial charge in [-0.2, -0.15) is 0 Å². The van der Waals surface area contributed by atoms with E-state index in [1.165, 1.54) is 17.8 Å². The van der Waals surface area contributed by atoms with E-state index >= 15 is 0 Å². The van der Waals surface area contributed by atoms with Crippen LogP contribution in [0.4, 0.5) is 4.39 Å². The van der Waals surface area contributed by atoms with E-state index in [1.807, 2.05) is 0 Å². The van der Waals surface area contributed by atoms with Crippen molar-refractivity contribution >= 4 is 32.9 Å². The van der Waals surface area contributed by atoms with E-state index in [0.717, 1.165) is 10.2 Å². The van der Waals surface area contributed by atoms with Crippen molar-refractivity contribution < 1.29 is 14.2 Å². The summed E-state index contributed by atoms with van der Waals surface area (Å²) in [5.41, 5.74) is 5.60. The maximum atomic E-state index is 14.4. The van der Waals surface area contributed by atoms with Gasteiger partial charge in [-0.05, 0) is 24.6 Å².